The number of carboxylic acids is 1. The predicted molar refractivity (Wildman–Crippen MR) is 77.6 cm³/mol. The number of carboxylic acid groups (broad SMARTS) is 1. The second kappa shape index (κ2) is 5.24. The summed E-state index contributed by atoms with van der Waals surface area (Å²) in [5, 5.41) is 9.28. The van der Waals surface area contributed by atoms with Gasteiger partial charge >= 0.3 is 5.97 Å². The number of carbonyl (C=O) groups is 1. The number of fused-ring (bicyclic) bond motifs is 1. The lowest BCUT2D eigenvalue weighted by atomic mass is 9.89. The molecule has 1 N–H and O–H groups in total. The molecule has 1 aliphatic heterocycles. The first-order valence-corrected chi connectivity index (χ1v) is 6.92. The summed E-state index contributed by atoms with van der Waals surface area (Å²) in [6.45, 7) is 8.21. The molecule has 0 radical (unpaired) electrons. The third-order valence-electron chi connectivity index (χ3n) is 3.72. The highest BCUT2D eigenvalue weighted by atomic mass is 16.4. The van der Waals surface area contributed by atoms with Gasteiger partial charge in [-0.3, -0.25) is 4.79 Å². The standard InChI is InChI=1S/C16H23NO2/c1-16(2,3)8-9-17-11-13(15(18)19)10-12-6-4-5-7-14(12)17/h4-7,13H,8-11H2,1-3H3,(H,18,19). The SMILES string of the molecule is CC(C)(C)CCN1CC(C(=O)O)Cc2ccccc21. The maximum Gasteiger partial charge on any atom is 0.308 e. The Balaban J connectivity index is 2.19. The summed E-state index contributed by atoms with van der Waals surface area (Å²) in [4.78, 5) is 13.5. The molecule has 1 aromatic rings. The van der Waals surface area contributed by atoms with E-state index in [-0.39, 0.29) is 11.3 Å². The van der Waals surface area contributed by atoms with Gasteiger partial charge in [-0.05, 0) is 29.9 Å². The van der Waals surface area contributed by atoms with Gasteiger partial charge in [0.05, 0.1) is 5.92 Å². The molecule has 1 unspecified atom stereocenters. The van der Waals surface area contributed by atoms with Crippen LogP contribution in [0.25, 0.3) is 0 Å². The Morgan fingerprint density at radius 3 is 2.68 bits per heavy atom. The molecule has 2 rings (SSSR count). The molecule has 1 aliphatic rings. The number of hydrogen-bond donors (Lipinski definition) is 1. The normalized spacial score (nSPS) is 19.1. The van der Waals surface area contributed by atoms with Crippen molar-refractivity contribution in [2.45, 2.75) is 33.6 Å². The number of rotatable bonds is 3. The monoisotopic (exact) mass is 261 g/mol. The van der Waals surface area contributed by atoms with E-state index in [9.17, 15) is 9.90 Å². The van der Waals surface area contributed by atoms with Crippen molar-refractivity contribution >= 4 is 11.7 Å². The molecule has 3 heteroatoms. The maximum absolute atomic E-state index is 11.3. The first-order valence-electron chi connectivity index (χ1n) is 6.92. The first kappa shape index (κ1) is 13.9. The third kappa shape index (κ3) is 3.49. The third-order valence-corrected chi connectivity index (χ3v) is 3.72. The Bertz CT molecular complexity index is 462. The van der Waals surface area contributed by atoms with Crippen molar-refractivity contribution in [1.82, 2.24) is 0 Å². The van der Waals surface area contributed by atoms with Crippen molar-refractivity contribution < 1.29 is 9.90 Å². The van der Waals surface area contributed by atoms with Crippen molar-refractivity contribution in [3.05, 3.63) is 29.8 Å². The largest absolute Gasteiger partial charge is 0.481 e. The molecule has 0 bridgehead atoms. The van der Waals surface area contributed by atoms with Gasteiger partial charge in [0.2, 0.25) is 0 Å². The van der Waals surface area contributed by atoms with Crippen molar-refractivity contribution in [3.8, 4) is 0 Å². The fraction of sp³-hybridized carbons (Fsp3) is 0.562. The number of anilines is 1. The number of hydrogen-bond acceptors (Lipinski definition) is 2. The van der Waals surface area contributed by atoms with E-state index in [2.05, 4.69) is 37.8 Å². The molecule has 0 aliphatic carbocycles. The Morgan fingerprint density at radius 1 is 1.37 bits per heavy atom. The van der Waals surface area contributed by atoms with Gasteiger partial charge in [0.15, 0.2) is 0 Å². The van der Waals surface area contributed by atoms with E-state index in [0.717, 1.165) is 18.5 Å². The van der Waals surface area contributed by atoms with Crippen molar-refractivity contribution in [2.24, 2.45) is 11.3 Å². The van der Waals surface area contributed by atoms with Gasteiger partial charge in [0.25, 0.3) is 0 Å². The quantitative estimate of drug-likeness (QED) is 0.908. The minimum absolute atomic E-state index is 0.269. The number of benzene rings is 1. The molecular weight excluding hydrogens is 238 g/mol. The lowest BCUT2D eigenvalue weighted by Gasteiger charge is -2.36. The van der Waals surface area contributed by atoms with Crippen LogP contribution in [0, 0.1) is 11.3 Å². The molecule has 1 aromatic carbocycles. The highest BCUT2D eigenvalue weighted by Gasteiger charge is 2.29. The zero-order valence-corrected chi connectivity index (χ0v) is 12.0. The van der Waals surface area contributed by atoms with E-state index in [4.69, 9.17) is 0 Å². The van der Waals surface area contributed by atoms with Crippen LogP contribution >= 0.6 is 0 Å². The van der Waals surface area contributed by atoms with E-state index in [1.165, 1.54) is 5.69 Å². The van der Waals surface area contributed by atoms with E-state index >= 15 is 0 Å². The van der Waals surface area contributed by atoms with Crippen LogP contribution < -0.4 is 4.90 Å². The molecule has 104 valence electrons. The Hall–Kier alpha value is -1.51. The van der Waals surface area contributed by atoms with Crippen LogP contribution in [0.15, 0.2) is 24.3 Å². The fourth-order valence-corrected chi connectivity index (χ4v) is 2.53. The van der Waals surface area contributed by atoms with Crippen LogP contribution in [0.5, 0.6) is 0 Å². The number of para-hydroxylation sites is 1. The molecule has 0 amide bonds. The lowest BCUT2D eigenvalue weighted by Crippen LogP contribution is -2.40. The van der Waals surface area contributed by atoms with Gasteiger partial charge in [-0.1, -0.05) is 39.0 Å². The van der Waals surface area contributed by atoms with Crippen LogP contribution in [0.4, 0.5) is 5.69 Å². The summed E-state index contributed by atoms with van der Waals surface area (Å²) in [5.41, 5.74) is 2.64. The van der Waals surface area contributed by atoms with Gasteiger partial charge in [-0.25, -0.2) is 0 Å². The minimum Gasteiger partial charge on any atom is -0.481 e. The van der Waals surface area contributed by atoms with Crippen molar-refractivity contribution in [1.29, 1.82) is 0 Å². The zero-order chi connectivity index (χ0) is 14.0. The molecule has 0 saturated heterocycles. The highest BCUT2D eigenvalue weighted by Crippen LogP contribution is 2.31. The topological polar surface area (TPSA) is 40.5 Å². The van der Waals surface area contributed by atoms with Gasteiger partial charge in [0.1, 0.15) is 0 Å². The summed E-state index contributed by atoms with van der Waals surface area (Å²) in [5.74, 6) is -0.967. The summed E-state index contributed by atoms with van der Waals surface area (Å²) in [6.07, 6.45) is 1.71. The molecule has 1 heterocycles. The van der Waals surface area contributed by atoms with Gasteiger partial charge in [0, 0.05) is 18.8 Å². The molecule has 3 nitrogen and oxygen atoms in total. The minimum atomic E-state index is -0.685. The highest BCUT2D eigenvalue weighted by molar-refractivity contribution is 5.73. The summed E-state index contributed by atoms with van der Waals surface area (Å²) in [7, 11) is 0. The summed E-state index contributed by atoms with van der Waals surface area (Å²) >= 11 is 0. The van der Waals surface area contributed by atoms with Crippen molar-refractivity contribution in [2.75, 3.05) is 18.0 Å². The predicted octanol–water partition coefficient (Wildman–Crippen LogP) is 3.19. The van der Waals surface area contributed by atoms with E-state index in [1.807, 2.05) is 12.1 Å². The van der Waals surface area contributed by atoms with E-state index < -0.39 is 5.97 Å². The molecule has 0 spiro atoms. The molecule has 0 fully saturated rings. The van der Waals surface area contributed by atoms with Gasteiger partial charge in [-0.2, -0.15) is 0 Å². The number of nitrogens with zero attached hydrogens (tertiary/aromatic N) is 1. The van der Waals surface area contributed by atoms with Crippen LogP contribution in [0.3, 0.4) is 0 Å². The van der Waals surface area contributed by atoms with E-state index in [0.29, 0.717) is 13.0 Å². The zero-order valence-electron chi connectivity index (χ0n) is 12.0. The Kier molecular flexibility index (Phi) is 3.83. The lowest BCUT2D eigenvalue weighted by molar-refractivity contribution is -0.141. The van der Waals surface area contributed by atoms with Crippen LogP contribution in [0.2, 0.25) is 0 Å². The van der Waals surface area contributed by atoms with Gasteiger partial charge in [-0.15, -0.1) is 0 Å². The Morgan fingerprint density at radius 2 is 2.05 bits per heavy atom. The summed E-state index contributed by atoms with van der Waals surface area (Å²) in [6, 6.07) is 8.18. The molecule has 0 aromatic heterocycles. The molecule has 19 heavy (non-hydrogen) atoms. The average Bonchev–Trinajstić information content (AvgIpc) is 2.34. The van der Waals surface area contributed by atoms with Crippen LogP contribution in [0.1, 0.15) is 32.8 Å². The molecular formula is C16H23NO2. The smallest absolute Gasteiger partial charge is 0.308 e. The van der Waals surface area contributed by atoms with Crippen LogP contribution in [-0.4, -0.2) is 24.2 Å². The Labute approximate surface area is 115 Å². The first-order chi connectivity index (χ1) is 8.87. The van der Waals surface area contributed by atoms with Gasteiger partial charge < -0.3 is 10.0 Å². The number of aliphatic carboxylic acids is 1. The summed E-state index contributed by atoms with van der Waals surface area (Å²) < 4.78 is 0. The second-order valence-electron chi connectivity index (χ2n) is 6.62. The maximum atomic E-state index is 11.3. The second-order valence-corrected chi connectivity index (χ2v) is 6.62. The molecule has 0 saturated carbocycles. The fourth-order valence-electron chi connectivity index (χ4n) is 2.53. The van der Waals surface area contributed by atoms with E-state index in [1.54, 1.807) is 0 Å². The average molecular weight is 261 g/mol. The van der Waals surface area contributed by atoms with Crippen molar-refractivity contribution in [3.63, 3.8) is 0 Å². The van der Waals surface area contributed by atoms with Crippen LogP contribution in [-0.2, 0) is 11.2 Å². The molecule has 1 atom stereocenters.